The Labute approximate surface area is 156 Å². The summed E-state index contributed by atoms with van der Waals surface area (Å²) in [6.07, 6.45) is 8.68. The molecule has 4 nitrogen and oxygen atoms in total. The third-order valence-electron chi connectivity index (χ3n) is 5.32. The Morgan fingerprint density at radius 2 is 1.96 bits per heavy atom. The molecule has 1 aromatic rings. The van der Waals surface area contributed by atoms with Crippen LogP contribution in [0.15, 0.2) is 15.9 Å². The Balaban J connectivity index is 1.59. The molecular formula is C18H25BrN2O2S. The van der Waals surface area contributed by atoms with Crippen molar-refractivity contribution in [3.63, 3.8) is 0 Å². The lowest BCUT2D eigenvalue weighted by Gasteiger charge is -2.34. The predicted molar refractivity (Wildman–Crippen MR) is 100 cm³/mol. The molecule has 2 fully saturated rings. The quantitative estimate of drug-likeness (QED) is 0.744. The third kappa shape index (κ3) is 4.02. The fourth-order valence-electron chi connectivity index (χ4n) is 4.09. The standard InChI is InChI=1S/C18H25BrN2O2S/c1-20(18(23)15-9-10-16(19)24-15)12-17(22)21-11-5-8-14(21)13-6-3-2-4-7-13/h9-10,13-14H,2-8,11-12H2,1H3/t14-/m0/s1. The van der Waals surface area contributed by atoms with Crippen LogP contribution in [0.3, 0.4) is 0 Å². The molecule has 1 saturated heterocycles. The van der Waals surface area contributed by atoms with Crippen molar-refractivity contribution in [1.29, 1.82) is 0 Å². The summed E-state index contributed by atoms with van der Waals surface area (Å²) in [5.41, 5.74) is 0. The second-order valence-electron chi connectivity index (χ2n) is 6.96. The molecule has 0 unspecified atom stereocenters. The minimum absolute atomic E-state index is 0.0764. The molecule has 0 radical (unpaired) electrons. The maximum atomic E-state index is 12.8. The number of halogens is 1. The van der Waals surface area contributed by atoms with E-state index in [1.165, 1.54) is 43.4 Å². The van der Waals surface area contributed by atoms with E-state index in [0.29, 0.717) is 16.8 Å². The van der Waals surface area contributed by atoms with E-state index in [9.17, 15) is 9.59 Å². The van der Waals surface area contributed by atoms with Gasteiger partial charge in [-0.05, 0) is 59.7 Å². The largest absolute Gasteiger partial charge is 0.338 e. The van der Waals surface area contributed by atoms with Gasteiger partial charge in [0.25, 0.3) is 5.91 Å². The second-order valence-corrected chi connectivity index (χ2v) is 9.42. The third-order valence-corrected chi connectivity index (χ3v) is 6.93. The smallest absolute Gasteiger partial charge is 0.264 e. The number of hydrogen-bond donors (Lipinski definition) is 0. The maximum Gasteiger partial charge on any atom is 0.264 e. The van der Waals surface area contributed by atoms with E-state index in [4.69, 9.17) is 0 Å². The van der Waals surface area contributed by atoms with Crippen LogP contribution in [0.1, 0.15) is 54.6 Å². The van der Waals surface area contributed by atoms with Gasteiger partial charge in [0.15, 0.2) is 0 Å². The highest BCUT2D eigenvalue weighted by Crippen LogP contribution is 2.34. The highest BCUT2D eigenvalue weighted by molar-refractivity contribution is 9.11. The van der Waals surface area contributed by atoms with Gasteiger partial charge in [0.05, 0.1) is 15.2 Å². The fraction of sp³-hybridized carbons (Fsp3) is 0.667. The predicted octanol–water partition coefficient (Wildman–Crippen LogP) is 4.15. The van der Waals surface area contributed by atoms with Gasteiger partial charge < -0.3 is 9.80 Å². The molecule has 1 saturated carbocycles. The van der Waals surface area contributed by atoms with Crippen LogP contribution in [-0.2, 0) is 4.79 Å². The van der Waals surface area contributed by atoms with E-state index >= 15 is 0 Å². The first-order valence-corrected chi connectivity index (χ1v) is 10.5. The number of hydrogen-bond acceptors (Lipinski definition) is 3. The summed E-state index contributed by atoms with van der Waals surface area (Å²) in [6, 6.07) is 4.07. The van der Waals surface area contributed by atoms with Crippen molar-refractivity contribution < 1.29 is 9.59 Å². The van der Waals surface area contributed by atoms with Crippen molar-refractivity contribution in [3.05, 3.63) is 20.8 Å². The van der Waals surface area contributed by atoms with Crippen LogP contribution in [0.25, 0.3) is 0 Å². The minimum atomic E-state index is -0.0764. The van der Waals surface area contributed by atoms with Crippen molar-refractivity contribution in [1.82, 2.24) is 9.80 Å². The fourth-order valence-corrected chi connectivity index (χ4v) is 5.47. The number of nitrogens with zero attached hydrogens (tertiary/aromatic N) is 2. The van der Waals surface area contributed by atoms with E-state index in [0.717, 1.165) is 23.2 Å². The number of thiophene rings is 1. The van der Waals surface area contributed by atoms with E-state index in [2.05, 4.69) is 20.8 Å². The van der Waals surface area contributed by atoms with Gasteiger partial charge in [-0.15, -0.1) is 11.3 Å². The summed E-state index contributed by atoms with van der Waals surface area (Å²) >= 11 is 4.79. The van der Waals surface area contributed by atoms with Gasteiger partial charge in [-0.2, -0.15) is 0 Å². The van der Waals surface area contributed by atoms with Gasteiger partial charge in [0.2, 0.25) is 5.91 Å². The summed E-state index contributed by atoms with van der Waals surface area (Å²) < 4.78 is 0.933. The lowest BCUT2D eigenvalue weighted by molar-refractivity contribution is -0.133. The maximum absolute atomic E-state index is 12.8. The zero-order valence-corrected chi connectivity index (χ0v) is 16.6. The zero-order valence-electron chi connectivity index (χ0n) is 14.2. The van der Waals surface area contributed by atoms with Crippen molar-refractivity contribution in [3.8, 4) is 0 Å². The van der Waals surface area contributed by atoms with Crippen LogP contribution >= 0.6 is 27.3 Å². The molecular weight excluding hydrogens is 388 g/mol. The Morgan fingerprint density at radius 3 is 2.62 bits per heavy atom. The molecule has 0 spiro atoms. The van der Waals surface area contributed by atoms with Crippen LogP contribution in [0.2, 0.25) is 0 Å². The SMILES string of the molecule is CN(CC(=O)N1CCC[C@H]1C1CCCCC1)C(=O)c1ccc(Br)s1. The lowest BCUT2D eigenvalue weighted by atomic mass is 9.83. The molecule has 0 bridgehead atoms. The first kappa shape index (κ1) is 17.9. The molecule has 2 heterocycles. The molecule has 24 heavy (non-hydrogen) atoms. The summed E-state index contributed by atoms with van der Waals surface area (Å²) in [4.78, 5) is 29.5. The Bertz CT molecular complexity index is 598. The molecule has 2 aliphatic rings. The van der Waals surface area contributed by atoms with E-state index in [1.54, 1.807) is 18.0 Å². The van der Waals surface area contributed by atoms with Crippen LogP contribution in [0, 0.1) is 5.92 Å². The highest BCUT2D eigenvalue weighted by Gasteiger charge is 2.35. The number of likely N-dealkylation sites (N-methyl/N-ethyl adjacent to an activating group) is 1. The normalized spacial score (nSPS) is 21.9. The summed E-state index contributed by atoms with van der Waals surface area (Å²) in [5.74, 6) is 0.696. The van der Waals surface area contributed by atoms with Crippen LogP contribution in [0.5, 0.6) is 0 Å². The number of rotatable bonds is 4. The van der Waals surface area contributed by atoms with Gasteiger partial charge in [0.1, 0.15) is 0 Å². The molecule has 1 aromatic heterocycles. The van der Waals surface area contributed by atoms with Gasteiger partial charge in [-0.25, -0.2) is 0 Å². The van der Waals surface area contributed by atoms with Crippen molar-refractivity contribution >= 4 is 39.1 Å². The molecule has 1 atom stereocenters. The summed E-state index contributed by atoms with van der Waals surface area (Å²) in [5, 5.41) is 0. The van der Waals surface area contributed by atoms with Crippen molar-refractivity contribution in [2.24, 2.45) is 5.92 Å². The van der Waals surface area contributed by atoms with Crippen molar-refractivity contribution in [2.45, 2.75) is 51.0 Å². The molecule has 1 aliphatic carbocycles. The average molecular weight is 413 g/mol. The van der Waals surface area contributed by atoms with E-state index in [1.807, 2.05) is 6.07 Å². The van der Waals surface area contributed by atoms with Gasteiger partial charge in [-0.1, -0.05) is 19.3 Å². The van der Waals surface area contributed by atoms with Crippen LogP contribution in [0.4, 0.5) is 0 Å². The van der Waals surface area contributed by atoms with Gasteiger partial charge in [0, 0.05) is 19.6 Å². The van der Waals surface area contributed by atoms with E-state index in [-0.39, 0.29) is 18.4 Å². The molecule has 3 rings (SSSR count). The molecule has 0 N–H and O–H groups in total. The first-order valence-electron chi connectivity index (χ1n) is 8.86. The number of amides is 2. The molecule has 2 amide bonds. The zero-order chi connectivity index (χ0) is 17.1. The monoisotopic (exact) mass is 412 g/mol. The Morgan fingerprint density at radius 1 is 1.21 bits per heavy atom. The molecule has 1 aliphatic heterocycles. The Hall–Kier alpha value is -0.880. The first-order chi connectivity index (χ1) is 11.6. The number of carbonyl (C=O) groups is 2. The second kappa shape index (κ2) is 8.00. The molecule has 6 heteroatoms. The van der Waals surface area contributed by atoms with Crippen LogP contribution < -0.4 is 0 Å². The molecule has 0 aromatic carbocycles. The molecule has 132 valence electrons. The topological polar surface area (TPSA) is 40.6 Å². The van der Waals surface area contributed by atoms with Gasteiger partial charge in [-0.3, -0.25) is 9.59 Å². The average Bonchev–Trinajstić information content (AvgIpc) is 3.23. The lowest BCUT2D eigenvalue weighted by Crippen LogP contribution is -2.46. The summed E-state index contributed by atoms with van der Waals surface area (Å²) in [7, 11) is 1.72. The summed E-state index contributed by atoms with van der Waals surface area (Å²) in [6.45, 7) is 1.03. The minimum Gasteiger partial charge on any atom is -0.338 e. The van der Waals surface area contributed by atoms with Crippen LogP contribution in [-0.4, -0.2) is 47.8 Å². The highest BCUT2D eigenvalue weighted by atomic mass is 79.9. The number of carbonyl (C=O) groups excluding carboxylic acids is 2. The van der Waals surface area contributed by atoms with Gasteiger partial charge >= 0.3 is 0 Å². The Kier molecular flexibility index (Phi) is 5.98. The number of likely N-dealkylation sites (tertiary alicyclic amines) is 1. The van der Waals surface area contributed by atoms with Crippen molar-refractivity contribution in [2.75, 3.05) is 20.1 Å². The van der Waals surface area contributed by atoms with E-state index < -0.39 is 0 Å².